The van der Waals surface area contributed by atoms with Crippen LogP contribution in [0.4, 0.5) is 0 Å². The standard InChI is InChI=1S/C14H19N3/c1-14(2,15)12(13-16-8-9-17-13)10-11-6-4-3-5-7-11/h3-9,12H,10,15H2,1-2H3,(H,16,17). The van der Waals surface area contributed by atoms with E-state index in [-0.39, 0.29) is 11.5 Å². The number of rotatable bonds is 4. The second-order valence-electron chi connectivity index (χ2n) is 5.04. The van der Waals surface area contributed by atoms with E-state index < -0.39 is 0 Å². The molecule has 0 bridgehead atoms. The van der Waals surface area contributed by atoms with Crippen LogP contribution in [0.1, 0.15) is 31.2 Å². The topological polar surface area (TPSA) is 54.7 Å². The SMILES string of the molecule is CC(C)(N)C(Cc1ccccc1)c1ncc[nH]1. The number of imidazole rings is 1. The van der Waals surface area contributed by atoms with E-state index in [4.69, 9.17) is 5.73 Å². The smallest absolute Gasteiger partial charge is 0.111 e. The number of benzene rings is 1. The lowest BCUT2D eigenvalue weighted by Crippen LogP contribution is -2.40. The van der Waals surface area contributed by atoms with Crippen LogP contribution in [-0.2, 0) is 6.42 Å². The Morgan fingerprint density at radius 2 is 2.00 bits per heavy atom. The lowest BCUT2D eigenvalue weighted by molar-refractivity contribution is 0.395. The van der Waals surface area contributed by atoms with Gasteiger partial charge < -0.3 is 10.7 Å². The minimum Gasteiger partial charge on any atom is -0.348 e. The molecule has 0 aliphatic heterocycles. The van der Waals surface area contributed by atoms with Crippen LogP contribution in [0.3, 0.4) is 0 Å². The first kappa shape index (κ1) is 11.9. The predicted octanol–water partition coefficient (Wildman–Crippen LogP) is 2.47. The molecule has 1 atom stereocenters. The van der Waals surface area contributed by atoms with E-state index in [1.807, 2.05) is 26.1 Å². The molecule has 1 heterocycles. The second-order valence-corrected chi connectivity index (χ2v) is 5.04. The lowest BCUT2D eigenvalue weighted by Gasteiger charge is -2.29. The number of aromatic nitrogens is 2. The molecular formula is C14H19N3. The van der Waals surface area contributed by atoms with Crippen molar-refractivity contribution in [1.29, 1.82) is 0 Å². The summed E-state index contributed by atoms with van der Waals surface area (Å²) in [6.07, 6.45) is 4.52. The van der Waals surface area contributed by atoms with E-state index in [1.54, 1.807) is 6.20 Å². The zero-order chi connectivity index (χ0) is 12.3. The summed E-state index contributed by atoms with van der Waals surface area (Å²) in [5.74, 6) is 1.15. The molecule has 90 valence electrons. The fourth-order valence-electron chi connectivity index (χ4n) is 2.03. The summed E-state index contributed by atoms with van der Waals surface area (Å²) in [6, 6.07) is 10.4. The first-order chi connectivity index (χ1) is 8.07. The summed E-state index contributed by atoms with van der Waals surface area (Å²) in [5.41, 5.74) is 7.25. The molecule has 0 aliphatic rings. The van der Waals surface area contributed by atoms with Crippen molar-refractivity contribution < 1.29 is 0 Å². The van der Waals surface area contributed by atoms with Crippen molar-refractivity contribution in [3.63, 3.8) is 0 Å². The van der Waals surface area contributed by atoms with Gasteiger partial charge in [-0.1, -0.05) is 30.3 Å². The predicted molar refractivity (Wildman–Crippen MR) is 69.7 cm³/mol. The maximum atomic E-state index is 6.26. The molecule has 2 rings (SSSR count). The minimum atomic E-state index is -0.298. The van der Waals surface area contributed by atoms with Gasteiger partial charge in [-0.15, -0.1) is 0 Å². The maximum Gasteiger partial charge on any atom is 0.111 e. The largest absolute Gasteiger partial charge is 0.348 e. The van der Waals surface area contributed by atoms with Crippen LogP contribution in [0.15, 0.2) is 42.7 Å². The summed E-state index contributed by atoms with van der Waals surface area (Å²) in [5, 5.41) is 0. The number of nitrogens with zero attached hydrogens (tertiary/aromatic N) is 1. The molecule has 3 heteroatoms. The zero-order valence-electron chi connectivity index (χ0n) is 10.4. The Labute approximate surface area is 102 Å². The molecule has 1 aromatic heterocycles. The van der Waals surface area contributed by atoms with Crippen molar-refractivity contribution in [2.45, 2.75) is 31.7 Å². The fraction of sp³-hybridized carbons (Fsp3) is 0.357. The number of nitrogens with one attached hydrogen (secondary N) is 1. The van der Waals surface area contributed by atoms with Crippen molar-refractivity contribution in [3.8, 4) is 0 Å². The highest BCUT2D eigenvalue weighted by molar-refractivity contribution is 5.20. The average Bonchev–Trinajstić information content (AvgIpc) is 2.79. The third-order valence-electron chi connectivity index (χ3n) is 3.03. The summed E-state index contributed by atoms with van der Waals surface area (Å²) >= 11 is 0. The third-order valence-corrected chi connectivity index (χ3v) is 3.03. The number of aromatic amines is 1. The molecule has 0 aliphatic carbocycles. The van der Waals surface area contributed by atoms with Gasteiger partial charge in [-0.2, -0.15) is 0 Å². The summed E-state index contributed by atoms with van der Waals surface area (Å²) in [4.78, 5) is 7.52. The molecule has 3 N–H and O–H groups in total. The van der Waals surface area contributed by atoms with Crippen molar-refractivity contribution in [3.05, 3.63) is 54.1 Å². The Morgan fingerprint density at radius 3 is 2.53 bits per heavy atom. The van der Waals surface area contributed by atoms with Crippen molar-refractivity contribution in [1.82, 2.24) is 9.97 Å². The monoisotopic (exact) mass is 229 g/mol. The Balaban J connectivity index is 2.24. The van der Waals surface area contributed by atoms with Gasteiger partial charge in [0.25, 0.3) is 0 Å². The van der Waals surface area contributed by atoms with Gasteiger partial charge in [0.2, 0.25) is 0 Å². The molecule has 0 amide bonds. The highest BCUT2D eigenvalue weighted by Gasteiger charge is 2.28. The van der Waals surface area contributed by atoms with Gasteiger partial charge in [-0.05, 0) is 25.8 Å². The van der Waals surface area contributed by atoms with Crippen LogP contribution in [0.25, 0.3) is 0 Å². The van der Waals surface area contributed by atoms with Crippen LogP contribution < -0.4 is 5.73 Å². The molecule has 0 fully saturated rings. The van der Waals surface area contributed by atoms with Crippen LogP contribution >= 0.6 is 0 Å². The molecule has 1 unspecified atom stereocenters. The molecule has 3 nitrogen and oxygen atoms in total. The highest BCUT2D eigenvalue weighted by Crippen LogP contribution is 2.27. The van der Waals surface area contributed by atoms with E-state index in [1.165, 1.54) is 5.56 Å². The maximum absolute atomic E-state index is 6.26. The van der Waals surface area contributed by atoms with E-state index >= 15 is 0 Å². The summed E-state index contributed by atoms with van der Waals surface area (Å²) < 4.78 is 0. The normalized spacial score (nSPS) is 13.6. The average molecular weight is 229 g/mol. The molecule has 0 spiro atoms. The minimum absolute atomic E-state index is 0.194. The summed E-state index contributed by atoms with van der Waals surface area (Å²) in [7, 11) is 0. The molecular weight excluding hydrogens is 210 g/mol. The number of hydrogen-bond donors (Lipinski definition) is 2. The van der Waals surface area contributed by atoms with Gasteiger partial charge in [0.05, 0.1) is 0 Å². The van der Waals surface area contributed by atoms with Crippen molar-refractivity contribution >= 4 is 0 Å². The van der Waals surface area contributed by atoms with E-state index in [0.29, 0.717) is 0 Å². The first-order valence-electron chi connectivity index (χ1n) is 5.89. The van der Waals surface area contributed by atoms with Crippen molar-refractivity contribution in [2.75, 3.05) is 0 Å². The summed E-state index contributed by atoms with van der Waals surface area (Å²) in [6.45, 7) is 4.09. The Morgan fingerprint density at radius 1 is 1.29 bits per heavy atom. The van der Waals surface area contributed by atoms with Gasteiger partial charge in [-0.3, -0.25) is 0 Å². The first-order valence-corrected chi connectivity index (χ1v) is 5.89. The number of H-pyrrole nitrogens is 1. The second kappa shape index (κ2) is 4.72. The van der Waals surface area contributed by atoms with E-state index in [0.717, 1.165) is 12.2 Å². The fourth-order valence-corrected chi connectivity index (χ4v) is 2.03. The quantitative estimate of drug-likeness (QED) is 0.846. The molecule has 0 saturated heterocycles. The van der Waals surface area contributed by atoms with Gasteiger partial charge in [0.1, 0.15) is 5.82 Å². The zero-order valence-corrected chi connectivity index (χ0v) is 10.4. The van der Waals surface area contributed by atoms with Crippen LogP contribution in [0, 0.1) is 0 Å². The number of hydrogen-bond acceptors (Lipinski definition) is 2. The van der Waals surface area contributed by atoms with Crippen LogP contribution in [0.5, 0.6) is 0 Å². The van der Waals surface area contributed by atoms with E-state index in [2.05, 4.69) is 34.2 Å². The molecule has 0 radical (unpaired) electrons. The van der Waals surface area contributed by atoms with Gasteiger partial charge >= 0.3 is 0 Å². The van der Waals surface area contributed by atoms with Crippen molar-refractivity contribution in [2.24, 2.45) is 5.73 Å². The molecule has 1 aromatic carbocycles. The molecule has 0 saturated carbocycles. The molecule has 2 aromatic rings. The lowest BCUT2D eigenvalue weighted by atomic mass is 9.83. The highest BCUT2D eigenvalue weighted by atomic mass is 14.9. The van der Waals surface area contributed by atoms with Crippen LogP contribution in [-0.4, -0.2) is 15.5 Å². The Kier molecular flexibility index (Phi) is 3.29. The Bertz CT molecular complexity index is 440. The van der Waals surface area contributed by atoms with Gasteiger partial charge in [-0.25, -0.2) is 4.98 Å². The third kappa shape index (κ3) is 2.94. The van der Waals surface area contributed by atoms with Gasteiger partial charge in [0, 0.05) is 23.9 Å². The molecule has 17 heavy (non-hydrogen) atoms. The van der Waals surface area contributed by atoms with E-state index in [9.17, 15) is 0 Å². The number of nitrogens with two attached hydrogens (primary N) is 1. The van der Waals surface area contributed by atoms with Gasteiger partial charge in [0.15, 0.2) is 0 Å². The van der Waals surface area contributed by atoms with Crippen LogP contribution in [0.2, 0.25) is 0 Å². The Hall–Kier alpha value is -1.61.